The Morgan fingerprint density at radius 1 is 1.08 bits per heavy atom. The molecule has 1 saturated carbocycles. The highest BCUT2D eigenvalue weighted by atomic mass is 32.2. The minimum absolute atomic E-state index is 0.146. The molecule has 2 atom stereocenters. The van der Waals surface area contributed by atoms with Crippen molar-refractivity contribution >= 4 is 39.9 Å². The van der Waals surface area contributed by atoms with E-state index in [1.807, 2.05) is 39.0 Å². The van der Waals surface area contributed by atoms with Crippen LogP contribution in [0.3, 0.4) is 0 Å². The molecule has 1 aromatic carbocycles. The fourth-order valence-corrected chi connectivity index (χ4v) is 7.60. The Kier molecular flexibility index (Phi) is 12.3. The number of likely N-dealkylation sites (tertiary alicyclic amines) is 1. The predicted octanol–water partition coefficient (Wildman–Crippen LogP) is 3.03. The fourth-order valence-electron chi connectivity index (χ4n) is 6.25. The number of hydrogen-bond acceptors (Lipinski definition) is 8. The second-order valence-electron chi connectivity index (χ2n) is 13.8. The summed E-state index contributed by atoms with van der Waals surface area (Å²) in [5.41, 5.74) is 3.01. The first-order valence-corrected chi connectivity index (χ1v) is 18.4. The lowest BCUT2D eigenvalue weighted by molar-refractivity contribution is -0.138. The van der Waals surface area contributed by atoms with Crippen LogP contribution < -0.4 is 15.4 Å². The Hall–Kier alpha value is -3.88. The number of nitrogens with one attached hydrogen (secondary N) is 3. The van der Waals surface area contributed by atoms with Crippen molar-refractivity contribution in [2.24, 2.45) is 5.41 Å². The minimum atomic E-state index is -3.76. The van der Waals surface area contributed by atoms with Crippen LogP contribution >= 0.6 is 0 Å². The van der Waals surface area contributed by atoms with E-state index >= 15 is 0 Å². The van der Waals surface area contributed by atoms with Gasteiger partial charge in [-0.25, -0.2) is 18.0 Å². The lowest BCUT2D eigenvalue weighted by Crippen LogP contribution is -2.54. The predicted molar refractivity (Wildman–Crippen MR) is 176 cm³/mol. The Balaban J connectivity index is 1.17. The van der Waals surface area contributed by atoms with Crippen molar-refractivity contribution in [2.75, 3.05) is 19.7 Å². The summed E-state index contributed by atoms with van der Waals surface area (Å²) in [6.45, 7) is 6.74. The maximum atomic E-state index is 13.1. The molecule has 4 rings (SSSR count). The van der Waals surface area contributed by atoms with Crippen molar-refractivity contribution in [3.63, 3.8) is 0 Å². The zero-order valence-electron chi connectivity index (χ0n) is 28.1. The Labute approximate surface area is 282 Å². The third-order valence-electron chi connectivity index (χ3n) is 9.17. The molecule has 1 unspecified atom stereocenters. The quantitative estimate of drug-likeness (QED) is 0.189. The fraction of sp³-hybridized carbons (Fsp3) is 0.667. The number of sulfonamides is 1. The molecule has 0 aromatic heterocycles. The van der Waals surface area contributed by atoms with Crippen molar-refractivity contribution in [3.8, 4) is 0 Å². The van der Waals surface area contributed by atoms with Crippen molar-refractivity contribution < 1.29 is 42.2 Å². The summed E-state index contributed by atoms with van der Waals surface area (Å²) in [7, 11) is -3.76. The number of aryl methyl sites for hydroxylation is 1. The van der Waals surface area contributed by atoms with Crippen LogP contribution in [-0.4, -0.2) is 90.3 Å². The average Bonchev–Trinajstić information content (AvgIpc) is 3.62. The Morgan fingerprint density at radius 2 is 1.83 bits per heavy atom. The third-order valence-corrected chi connectivity index (χ3v) is 11.0. The van der Waals surface area contributed by atoms with Crippen LogP contribution in [0, 0.1) is 5.41 Å². The van der Waals surface area contributed by atoms with Gasteiger partial charge in [-0.05, 0) is 73.5 Å². The van der Waals surface area contributed by atoms with Crippen LogP contribution in [0.5, 0.6) is 0 Å². The molecular formula is C33H49N5O9S. The van der Waals surface area contributed by atoms with Gasteiger partial charge < -0.3 is 25.4 Å². The molecule has 1 aromatic rings. The number of carbonyl (C=O) groups excluding carboxylic acids is 4. The van der Waals surface area contributed by atoms with E-state index in [0.29, 0.717) is 51.7 Å². The summed E-state index contributed by atoms with van der Waals surface area (Å²) in [6, 6.07) is 4.10. The molecule has 3 aliphatic rings. The first-order chi connectivity index (χ1) is 22.7. The van der Waals surface area contributed by atoms with Crippen molar-refractivity contribution in [1.29, 1.82) is 0 Å². The van der Waals surface area contributed by atoms with E-state index in [9.17, 15) is 37.5 Å². The molecular weight excluding hydrogens is 642 g/mol. The van der Waals surface area contributed by atoms with E-state index in [-0.39, 0.29) is 25.0 Å². The van der Waals surface area contributed by atoms with Gasteiger partial charge in [0.15, 0.2) is 0 Å². The second-order valence-corrected chi connectivity index (χ2v) is 15.8. The maximum Gasteiger partial charge on any atom is 0.407 e. The smallest absolute Gasteiger partial charge is 0.407 e. The van der Waals surface area contributed by atoms with Crippen LogP contribution in [0.25, 0.3) is 0 Å². The first kappa shape index (κ1) is 36.9. The molecule has 14 nitrogen and oxygen atoms in total. The number of ether oxygens (including phenoxy) is 1. The summed E-state index contributed by atoms with van der Waals surface area (Å²) in [4.78, 5) is 65.4. The van der Waals surface area contributed by atoms with Gasteiger partial charge in [0, 0.05) is 19.6 Å². The van der Waals surface area contributed by atoms with Crippen LogP contribution in [0.1, 0.15) is 95.2 Å². The number of amides is 5. The van der Waals surface area contributed by atoms with Gasteiger partial charge in [0.25, 0.3) is 5.91 Å². The summed E-state index contributed by atoms with van der Waals surface area (Å²) in [5, 5.41) is 13.9. The molecule has 15 heteroatoms. The summed E-state index contributed by atoms with van der Waals surface area (Å²) in [6.07, 6.45) is 4.48. The standard InChI is InChI=1S/C33H49N5O9S/c1-4-9-26(29(40)36-48(45,46)24-14-15-24)35-30(41)27-13-8-17-38(27)28(39)18-34-31(42)47-21-33(2,3)16-6-5-10-22-11-7-12-23-19-37(32(43)44)20-25(22)23/h7,11-12,24,26-27H,4-6,8-10,13-21H2,1-3H3,(H,34,42)(H,35,41)(H,36,40)(H,43,44)/t26?,27-/m0/s1. The topological polar surface area (TPSA) is 192 Å². The van der Waals surface area contributed by atoms with E-state index in [1.165, 1.54) is 9.80 Å². The second kappa shape index (κ2) is 16.0. The molecule has 2 heterocycles. The maximum absolute atomic E-state index is 13.1. The number of carbonyl (C=O) groups is 5. The van der Waals surface area contributed by atoms with Crippen LogP contribution in [0.2, 0.25) is 0 Å². The minimum Gasteiger partial charge on any atom is -0.465 e. The Bertz CT molecular complexity index is 1480. The largest absolute Gasteiger partial charge is 0.465 e. The molecule has 5 amide bonds. The lowest BCUT2D eigenvalue weighted by atomic mass is 9.87. The third kappa shape index (κ3) is 10.1. The molecule has 0 radical (unpaired) electrons. The van der Waals surface area contributed by atoms with Gasteiger partial charge in [0.1, 0.15) is 18.6 Å². The number of hydrogen-bond donors (Lipinski definition) is 4. The molecule has 0 bridgehead atoms. The van der Waals surface area contributed by atoms with E-state index in [4.69, 9.17) is 4.74 Å². The molecule has 266 valence electrons. The van der Waals surface area contributed by atoms with Gasteiger partial charge in [-0.1, -0.05) is 51.8 Å². The summed E-state index contributed by atoms with van der Waals surface area (Å²) in [5.74, 6) is -1.79. The van der Waals surface area contributed by atoms with Gasteiger partial charge >= 0.3 is 12.2 Å². The molecule has 0 spiro atoms. The molecule has 48 heavy (non-hydrogen) atoms. The average molecular weight is 692 g/mol. The highest BCUT2D eigenvalue weighted by Gasteiger charge is 2.39. The SMILES string of the molecule is CCCC(NC(=O)[C@@H]1CCCN1C(=O)CNC(=O)OCC(C)(C)CCCCc1cccc2c1CN(C(=O)O)C2)C(=O)NS(=O)(=O)C1CC1. The lowest BCUT2D eigenvalue weighted by Gasteiger charge is -2.27. The molecule has 1 aliphatic carbocycles. The Morgan fingerprint density at radius 3 is 2.52 bits per heavy atom. The molecule has 1 saturated heterocycles. The highest BCUT2D eigenvalue weighted by molar-refractivity contribution is 7.90. The van der Waals surface area contributed by atoms with E-state index in [0.717, 1.165) is 42.4 Å². The van der Waals surface area contributed by atoms with Crippen LogP contribution in [-0.2, 0) is 48.7 Å². The number of carboxylic acid groups (broad SMARTS) is 1. The number of alkyl carbamates (subject to hydrolysis) is 1. The van der Waals surface area contributed by atoms with Gasteiger partial charge in [-0.15, -0.1) is 0 Å². The number of fused-ring (bicyclic) bond motifs is 1. The normalized spacial score (nSPS) is 18.2. The van der Waals surface area contributed by atoms with Gasteiger partial charge in [-0.2, -0.15) is 0 Å². The van der Waals surface area contributed by atoms with Gasteiger partial charge in [0.05, 0.1) is 11.9 Å². The zero-order chi connectivity index (χ0) is 35.1. The van der Waals surface area contributed by atoms with Crippen molar-refractivity contribution in [3.05, 3.63) is 34.9 Å². The van der Waals surface area contributed by atoms with Crippen molar-refractivity contribution in [1.82, 2.24) is 25.2 Å². The monoisotopic (exact) mass is 691 g/mol. The number of unbranched alkanes of at least 4 members (excludes halogenated alkanes) is 1. The van der Waals surface area contributed by atoms with E-state index in [1.54, 1.807) is 0 Å². The number of rotatable bonds is 16. The zero-order valence-corrected chi connectivity index (χ0v) is 28.9. The van der Waals surface area contributed by atoms with Gasteiger partial charge in [-0.3, -0.25) is 24.0 Å². The van der Waals surface area contributed by atoms with E-state index in [2.05, 4.69) is 15.4 Å². The first-order valence-electron chi connectivity index (χ1n) is 16.8. The summed E-state index contributed by atoms with van der Waals surface area (Å²) < 4.78 is 32.0. The van der Waals surface area contributed by atoms with Crippen molar-refractivity contribution in [2.45, 2.75) is 115 Å². The molecule has 4 N–H and O–H groups in total. The van der Waals surface area contributed by atoms with Crippen LogP contribution in [0.15, 0.2) is 18.2 Å². The molecule has 2 fully saturated rings. The van der Waals surface area contributed by atoms with E-state index < -0.39 is 57.3 Å². The molecule has 2 aliphatic heterocycles. The van der Waals surface area contributed by atoms with Crippen LogP contribution in [0.4, 0.5) is 9.59 Å². The highest BCUT2D eigenvalue weighted by Crippen LogP contribution is 2.29. The summed E-state index contributed by atoms with van der Waals surface area (Å²) >= 11 is 0. The number of nitrogens with zero attached hydrogens (tertiary/aromatic N) is 2. The van der Waals surface area contributed by atoms with Gasteiger partial charge in [0.2, 0.25) is 21.8 Å². The number of benzene rings is 1.